The summed E-state index contributed by atoms with van der Waals surface area (Å²) in [7, 11) is 0. The zero-order chi connectivity index (χ0) is 12.4. The molecule has 1 aromatic carbocycles. The first-order valence-corrected chi connectivity index (χ1v) is 7.55. The van der Waals surface area contributed by atoms with Crippen LogP contribution >= 0.6 is 12.6 Å². The number of benzene rings is 1. The van der Waals surface area contributed by atoms with Gasteiger partial charge in [-0.3, -0.25) is 0 Å². The zero-order valence-electron chi connectivity index (χ0n) is 9.42. The van der Waals surface area contributed by atoms with E-state index in [0.29, 0.717) is 6.42 Å². The summed E-state index contributed by atoms with van der Waals surface area (Å²) in [5, 5.41) is 0.526. The molecule has 0 aliphatic heterocycles. The zero-order valence-corrected chi connectivity index (χ0v) is 12.0. The maximum absolute atomic E-state index is 12.2. The van der Waals surface area contributed by atoms with Gasteiger partial charge in [-0.1, -0.05) is 0 Å². The molecule has 2 rings (SSSR count). The van der Waals surface area contributed by atoms with E-state index in [-0.39, 0.29) is 31.4 Å². The molecule has 0 radical (unpaired) electrons. The number of hydrogen-bond donors (Lipinski definition) is 1. The van der Waals surface area contributed by atoms with Crippen molar-refractivity contribution < 1.29 is 4.79 Å². The molecule has 5 heteroatoms. The second kappa shape index (κ2) is 5.25. The molecule has 1 atom stereocenters. The third-order valence-electron chi connectivity index (χ3n) is 2.64. The van der Waals surface area contributed by atoms with Crippen molar-refractivity contribution in [3.63, 3.8) is 0 Å². The number of thiol groups is 1. The van der Waals surface area contributed by atoms with Crippen LogP contribution in [0, 0.1) is 0 Å². The van der Waals surface area contributed by atoms with Gasteiger partial charge in [-0.25, -0.2) is 0 Å². The van der Waals surface area contributed by atoms with Gasteiger partial charge in [0.25, 0.3) is 0 Å². The quantitative estimate of drug-likeness (QED) is 0.691. The number of nitrogens with zero attached hydrogens (tertiary/aromatic N) is 1. The summed E-state index contributed by atoms with van der Waals surface area (Å²) >= 11 is 3.81. The van der Waals surface area contributed by atoms with Gasteiger partial charge in [0, 0.05) is 0 Å². The Morgan fingerprint density at radius 1 is 1.47 bits per heavy atom. The van der Waals surface area contributed by atoms with Gasteiger partial charge in [0.05, 0.1) is 0 Å². The summed E-state index contributed by atoms with van der Waals surface area (Å²) in [6, 6.07) is 7.19. The van der Waals surface area contributed by atoms with Gasteiger partial charge in [0.2, 0.25) is 0 Å². The number of rotatable bonds is 4. The van der Waals surface area contributed by atoms with Crippen molar-refractivity contribution in [1.82, 2.24) is 3.56 Å². The van der Waals surface area contributed by atoms with Crippen molar-refractivity contribution in [2.75, 3.05) is 0 Å². The van der Waals surface area contributed by atoms with Crippen molar-refractivity contribution in [1.29, 1.82) is 0 Å². The number of carbonyl (C=O) groups excluding carboxylic acids is 1. The van der Waals surface area contributed by atoms with Crippen molar-refractivity contribution in [2.24, 2.45) is 0 Å². The first-order valence-electron chi connectivity index (χ1n) is 5.48. The van der Waals surface area contributed by atoms with E-state index in [1.807, 2.05) is 31.2 Å². The van der Waals surface area contributed by atoms with Crippen LogP contribution in [0.1, 0.15) is 25.8 Å². The molecule has 0 amide bonds. The Kier molecular flexibility index (Phi) is 3.92. The van der Waals surface area contributed by atoms with Crippen molar-refractivity contribution in [3.05, 3.63) is 34.6 Å². The minimum absolute atomic E-state index is 0.0264. The molecule has 0 N–H and O–H groups in total. The average molecular weight is 314 g/mol. The monoisotopic (exact) mass is 315 g/mol. The van der Waals surface area contributed by atoms with Crippen LogP contribution in [-0.4, -0.2) is 23.4 Å². The Labute approximate surface area is 111 Å². The summed E-state index contributed by atoms with van der Waals surface area (Å²) in [6.07, 6.45) is 1.55. The normalized spacial score (nSPS) is 12.8. The fourth-order valence-corrected chi connectivity index (χ4v) is 4.57. The molecule has 0 aliphatic carbocycles. The molecule has 0 fully saturated rings. The van der Waals surface area contributed by atoms with E-state index < -0.39 is 0 Å². The number of hydrogen-bond acceptors (Lipinski definition) is 2. The number of carbonyl (C=O) groups is 1. The van der Waals surface area contributed by atoms with Crippen molar-refractivity contribution in [3.8, 4) is 0 Å². The molecule has 17 heavy (non-hydrogen) atoms. The van der Waals surface area contributed by atoms with Gasteiger partial charge < -0.3 is 0 Å². The van der Waals surface area contributed by atoms with Crippen molar-refractivity contribution >= 4 is 42.1 Å². The molecule has 0 spiro atoms. The maximum atomic E-state index is 12.2. The predicted molar refractivity (Wildman–Crippen MR) is 73.1 cm³/mol. The molecule has 1 heterocycles. The van der Waals surface area contributed by atoms with Crippen LogP contribution < -0.4 is 5.56 Å². The molecule has 0 bridgehead atoms. The average Bonchev–Trinajstić information content (AvgIpc) is 2.64. The third-order valence-corrected chi connectivity index (χ3v) is 5.40. The Hall–Kier alpha value is -0.771. The summed E-state index contributed by atoms with van der Waals surface area (Å²) in [5.74, 6) is 0. The van der Waals surface area contributed by atoms with E-state index in [4.69, 9.17) is 0 Å². The Bertz CT molecular complexity index is 602. The summed E-state index contributed by atoms with van der Waals surface area (Å²) < 4.78 is 2.75. The fraction of sp³-hybridized carbons (Fsp3) is 0.333. The van der Waals surface area contributed by atoms with E-state index >= 15 is 0 Å². The van der Waals surface area contributed by atoms with Crippen LogP contribution in [-0.2, 0) is 4.79 Å². The Morgan fingerprint density at radius 2 is 2.18 bits per heavy atom. The van der Waals surface area contributed by atoms with E-state index in [1.54, 1.807) is 3.56 Å². The van der Waals surface area contributed by atoms with Gasteiger partial charge >= 0.3 is 111 Å². The van der Waals surface area contributed by atoms with Crippen molar-refractivity contribution in [2.45, 2.75) is 25.8 Å². The summed E-state index contributed by atoms with van der Waals surface area (Å²) in [6.45, 7) is 2.00. The molecule has 0 saturated heterocycles. The van der Waals surface area contributed by atoms with Crippen LogP contribution in [0.3, 0.4) is 0 Å². The third kappa shape index (κ3) is 2.41. The van der Waals surface area contributed by atoms with Gasteiger partial charge in [-0.05, 0) is 0 Å². The molecule has 0 saturated carbocycles. The van der Waals surface area contributed by atoms with Crippen LogP contribution in [0.25, 0.3) is 9.65 Å². The molecule has 2 aromatic rings. The first-order chi connectivity index (χ1) is 8.15. The molecule has 0 unspecified atom stereocenters. The molecule has 1 aromatic heterocycles. The van der Waals surface area contributed by atoms with E-state index in [9.17, 15) is 9.59 Å². The summed E-state index contributed by atoms with van der Waals surface area (Å²) in [4.78, 5) is 23.7. The van der Waals surface area contributed by atoms with Crippen LogP contribution in [0.15, 0.2) is 29.1 Å². The predicted octanol–water partition coefficient (Wildman–Crippen LogP) is 1.86. The first kappa shape index (κ1) is 12.7. The molecular weight excluding hydrogens is 301 g/mol. The minimum atomic E-state index is -0.372. The van der Waals surface area contributed by atoms with Gasteiger partial charge in [-0.2, -0.15) is 0 Å². The molecule has 90 valence electrons. The van der Waals surface area contributed by atoms with E-state index in [1.165, 1.54) is 0 Å². The number of fused-ring (bicyclic) bond motifs is 1. The topological polar surface area (TPSA) is 39.1 Å². The van der Waals surface area contributed by atoms with Gasteiger partial charge in [0.15, 0.2) is 0 Å². The second-order valence-corrected chi connectivity index (χ2v) is 6.43. The van der Waals surface area contributed by atoms with Crippen LogP contribution in [0.2, 0.25) is 0 Å². The SMILES string of the molecule is CCC[C@@H](C(=O)S)n1[se]c2ccccc2c1=O. The Balaban J connectivity index is 2.57. The van der Waals surface area contributed by atoms with Gasteiger partial charge in [0.1, 0.15) is 0 Å². The molecule has 0 aliphatic rings. The Morgan fingerprint density at radius 3 is 2.76 bits per heavy atom. The van der Waals surface area contributed by atoms with E-state index in [0.717, 1.165) is 16.1 Å². The number of aromatic nitrogens is 1. The standard InChI is InChI=1S/C12H13NO2SSe/c1-2-5-9(12(15)16)13-11(14)8-6-3-4-7-10(8)17-13/h3-4,6-7,9H,2,5H2,1H3,(H,15,16)/t9-/m0/s1. The van der Waals surface area contributed by atoms with E-state index in [2.05, 4.69) is 12.6 Å². The van der Waals surface area contributed by atoms with Crippen LogP contribution in [0.4, 0.5) is 0 Å². The molecule has 3 nitrogen and oxygen atoms in total. The second-order valence-electron chi connectivity index (χ2n) is 3.86. The summed E-state index contributed by atoms with van der Waals surface area (Å²) in [5.41, 5.74) is -0.0264. The van der Waals surface area contributed by atoms with Crippen LogP contribution in [0.5, 0.6) is 0 Å². The van der Waals surface area contributed by atoms with Gasteiger partial charge in [-0.15, -0.1) is 0 Å². The fourth-order valence-electron chi connectivity index (χ4n) is 1.81. The molecular formula is C12H13NO2SSe.